The van der Waals surface area contributed by atoms with E-state index in [0.717, 1.165) is 12.8 Å². The van der Waals surface area contributed by atoms with Gasteiger partial charge in [-0.15, -0.1) is 19.0 Å². The number of carbonyl (C=O) groups excluding carboxylic acids is 1. The summed E-state index contributed by atoms with van der Waals surface area (Å²) in [6, 6.07) is -0.703. The van der Waals surface area contributed by atoms with Crippen LogP contribution in [0.2, 0.25) is 0 Å². The van der Waals surface area contributed by atoms with Crippen LogP contribution >= 0.6 is 12.4 Å². The molecule has 0 aromatic rings. The van der Waals surface area contributed by atoms with Crippen LogP contribution in [0.3, 0.4) is 0 Å². The molecule has 2 fully saturated rings. The summed E-state index contributed by atoms with van der Waals surface area (Å²) < 4.78 is 26.0. The molecule has 6 heteroatoms. The summed E-state index contributed by atoms with van der Waals surface area (Å²) in [5.74, 6) is -2.46. The zero-order valence-electron chi connectivity index (χ0n) is 10.2. The van der Waals surface area contributed by atoms with E-state index in [9.17, 15) is 13.6 Å². The number of alkyl halides is 2. The molecule has 2 saturated heterocycles. The quantitative estimate of drug-likeness (QED) is 0.783. The van der Waals surface area contributed by atoms with Crippen molar-refractivity contribution in [2.45, 2.75) is 31.2 Å². The molecule has 1 amide bonds. The van der Waals surface area contributed by atoms with Gasteiger partial charge in [-0.05, 0) is 18.8 Å². The third-order valence-electron chi connectivity index (χ3n) is 3.59. The van der Waals surface area contributed by atoms with Crippen molar-refractivity contribution in [2.24, 2.45) is 5.92 Å². The van der Waals surface area contributed by atoms with Crippen molar-refractivity contribution in [3.63, 3.8) is 0 Å². The second kappa shape index (κ2) is 5.97. The summed E-state index contributed by atoms with van der Waals surface area (Å²) in [6.07, 6.45) is 3.31. The highest BCUT2D eigenvalue weighted by molar-refractivity contribution is 5.85. The van der Waals surface area contributed by atoms with Crippen LogP contribution < -0.4 is 5.32 Å². The number of hydrogen-bond acceptors (Lipinski definition) is 2. The molecular formula is C12H19ClF2N2O. The number of halogens is 3. The summed E-state index contributed by atoms with van der Waals surface area (Å²) in [5, 5.41) is 2.61. The number of allylic oxidation sites excluding steroid dienone is 1. The SMILES string of the molecule is C=CC1CCN(C(=O)C2CC(F)(F)CN2)CC1.Cl. The van der Waals surface area contributed by atoms with Crippen molar-refractivity contribution in [2.75, 3.05) is 19.6 Å². The lowest BCUT2D eigenvalue weighted by atomic mass is 9.96. The standard InChI is InChI=1S/C12H18F2N2O.ClH/c1-2-9-3-5-16(6-4-9)11(17)10-7-12(13,14)8-15-10;/h2,9-10,15H,1,3-8H2;1H. The van der Waals surface area contributed by atoms with Crippen LogP contribution in [0.5, 0.6) is 0 Å². The lowest BCUT2D eigenvalue weighted by molar-refractivity contribution is -0.134. The Balaban J connectivity index is 0.00000162. The van der Waals surface area contributed by atoms with Crippen LogP contribution in [0.4, 0.5) is 8.78 Å². The highest BCUT2D eigenvalue weighted by atomic mass is 35.5. The predicted molar refractivity (Wildman–Crippen MR) is 68.1 cm³/mol. The van der Waals surface area contributed by atoms with E-state index >= 15 is 0 Å². The van der Waals surface area contributed by atoms with Gasteiger partial charge in [0, 0.05) is 19.5 Å². The minimum atomic E-state index is -2.74. The minimum absolute atomic E-state index is 0. The summed E-state index contributed by atoms with van der Waals surface area (Å²) in [7, 11) is 0. The molecule has 1 atom stereocenters. The zero-order valence-corrected chi connectivity index (χ0v) is 11.0. The third kappa shape index (κ3) is 3.42. The monoisotopic (exact) mass is 280 g/mol. The fourth-order valence-electron chi connectivity index (χ4n) is 2.47. The maximum absolute atomic E-state index is 13.0. The van der Waals surface area contributed by atoms with Gasteiger partial charge in [-0.2, -0.15) is 0 Å². The molecule has 2 aliphatic rings. The van der Waals surface area contributed by atoms with E-state index in [0.29, 0.717) is 19.0 Å². The number of amides is 1. The fourth-order valence-corrected chi connectivity index (χ4v) is 2.47. The molecule has 1 N–H and O–H groups in total. The number of carbonyl (C=O) groups is 1. The summed E-state index contributed by atoms with van der Waals surface area (Å²) >= 11 is 0. The maximum atomic E-state index is 13.0. The van der Waals surface area contributed by atoms with Crippen molar-refractivity contribution in [1.29, 1.82) is 0 Å². The van der Waals surface area contributed by atoms with Gasteiger partial charge in [0.2, 0.25) is 5.91 Å². The van der Waals surface area contributed by atoms with Gasteiger partial charge in [0.25, 0.3) is 5.92 Å². The number of hydrogen-bond donors (Lipinski definition) is 1. The molecule has 0 saturated carbocycles. The summed E-state index contributed by atoms with van der Waals surface area (Å²) in [6.45, 7) is 4.66. The lowest BCUT2D eigenvalue weighted by Gasteiger charge is -2.32. The largest absolute Gasteiger partial charge is 0.341 e. The molecule has 104 valence electrons. The molecule has 0 aliphatic carbocycles. The molecule has 0 radical (unpaired) electrons. The van der Waals surface area contributed by atoms with Gasteiger partial charge < -0.3 is 4.90 Å². The number of piperidine rings is 1. The Bertz CT molecular complexity index is 317. The molecule has 0 aromatic carbocycles. The number of likely N-dealkylation sites (tertiary alicyclic amines) is 1. The van der Waals surface area contributed by atoms with Gasteiger partial charge in [0.15, 0.2) is 0 Å². The van der Waals surface area contributed by atoms with Gasteiger partial charge in [0.05, 0.1) is 12.6 Å². The second-order valence-corrected chi connectivity index (χ2v) is 4.89. The van der Waals surface area contributed by atoms with Crippen LogP contribution in [0.1, 0.15) is 19.3 Å². The predicted octanol–water partition coefficient (Wildman–Crippen LogP) is 1.83. The van der Waals surface area contributed by atoms with Crippen LogP contribution in [-0.4, -0.2) is 42.4 Å². The van der Waals surface area contributed by atoms with Gasteiger partial charge in [0.1, 0.15) is 0 Å². The Morgan fingerprint density at radius 3 is 2.44 bits per heavy atom. The van der Waals surface area contributed by atoms with E-state index < -0.39 is 12.0 Å². The number of nitrogens with one attached hydrogen (secondary N) is 1. The maximum Gasteiger partial charge on any atom is 0.262 e. The van der Waals surface area contributed by atoms with Crippen LogP contribution in [-0.2, 0) is 4.79 Å². The lowest BCUT2D eigenvalue weighted by Crippen LogP contribution is -2.46. The third-order valence-corrected chi connectivity index (χ3v) is 3.59. The average molecular weight is 281 g/mol. The first-order valence-corrected chi connectivity index (χ1v) is 6.04. The number of rotatable bonds is 2. The van der Waals surface area contributed by atoms with Crippen molar-refractivity contribution in [3.05, 3.63) is 12.7 Å². The smallest absolute Gasteiger partial charge is 0.262 e. The molecule has 2 aliphatic heterocycles. The first-order chi connectivity index (χ1) is 8.02. The fraction of sp³-hybridized carbons (Fsp3) is 0.750. The molecule has 3 nitrogen and oxygen atoms in total. The van der Waals surface area contributed by atoms with E-state index in [1.807, 2.05) is 6.08 Å². The first kappa shape index (κ1) is 15.4. The molecule has 0 spiro atoms. The molecular weight excluding hydrogens is 262 g/mol. The zero-order chi connectivity index (χ0) is 12.5. The normalized spacial score (nSPS) is 27.7. The Kier molecular flexibility index (Phi) is 5.10. The molecule has 18 heavy (non-hydrogen) atoms. The van der Waals surface area contributed by atoms with Crippen LogP contribution in [0.25, 0.3) is 0 Å². The Labute approximate surface area is 112 Å². The minimum Gasteiger partial charge on any atom is -0.341 e. The molecule has 0 aromatic heterocycles. The van der Waals surface area contributed by atoms with E-state index in [-0.39, 0.29) is 31.3 Å². The number of nitrogens with zero attached hydrogens (tertiary/aromatic N) is 1. The second-order valence-electron chi connectivity index (χ2n) is 4.89. The van der Waals surface area contributed by atoms with E-state index in [4.69, 9.17) is 0 Å². The van der Waals surface area contributed by atoms with Gasteiger partial charge in [-0.25, -0.2) is 8.78 Å². The van der Waals surface area contributed by atoms with Gasteiger partial charge >= 0.3 is 0 Å². The Morgan fingerprint density at radius 1 is 1.39 bits per heavy atom. The van der Waals surface area contributed by atoms with E-state index in [2.05, 4.69) is 11.9 Å². The van der Waals surface area contributed by atoms with Crippen LogP contribution in [0.15, 0.2) is 12.7 Å². The summed E-state index contributed by atoms with van der Waals surface area (Å²) in [4.78, 5) is 13.7. The first-order valence-electron chi connectivity index (χ1n) is 6.04. The molecule has 2 heterocycles. The molecule has 1 unspecified atom stereocenters. The average Bonchev–Trinajstić information content (AvgIpc) is 2.69. The van der Waals surface area contributed by atoms with Crippen LogP contribution in [0, 0.1) is 5.92 Å². The van der Waals surface area contributed by atoms with E-state index in [1.165, 1.54) is 0 Å². The van der Waals surface area contributed by atoms with Gasteiger partial charge in [-0.3, -0.25) is 10.1 Å². The highest BCUT2D eigenvalue weighted by Gasteiger charge is 2.43. The Hall–Kier alpha value is -0.680. The molecule has 0 bridgehead atoms. The van der Waals surface area contributed by atoms with Gasteiger partial charge in [-0.1, -0.05) is 6.08 Å². The van der Waals surface area contributed by atoms with Crippen molar-refractivity contribution >= 4 is 18.3 Å². The molecule has 2 rings (SSSR count). The highest BCUT2D eigenvalue weighted by Crippen LogP contribution is 2.27. The van der Waals surface area contributed by atoms with Crippen molar-refractivity contribution in [3.8, 4) is 0 Å². The topological polar surface area (TPSA) is 32.3 Å². The van der Waals surface area contributed by atoms with Crippen molar-refractivity contribution in [1.82, 2.24) is 10.2 Å². The Morgan fingerprint density at radius 2 is 2.00 bits per heavy atom. The van der Waals surface area contributed by atoms with E-state index in [1.54, 1.807) is 4.90 Å². The summed E-state index contributed by atoms with van der Waals surface area (Å²) in [5.41, 5.74) is 0. The van der Waals surface area contributed by atoms with Crippen molar-refractivity contribution < 1.29 is 13.6 Å².